The van der Waals surface area contributed by atoms with E-state index in [-0.39, 0.29) is 22.5 Å². The van der Waals surface area contributed by atoms with E-state index in [1.165, 1.54) is 30.3 Å². The van der Waals surface area contributed by atoms with Gasteiger partial charge in [-0.1, -0.05) is 28.1 Å². The predicted octanol–water partition coefficient (Wildman–Crippen LogP) is 2.38. The molecule has 1 fully saturated rings. The van der Waals surface area contributed by atoms with Crippen LogP contribution in [0.2, 0.25) is 0 Å². The molecular formula is C21H21BrF2N4O3. The highest BCUT2D eigenvalue weighted by atomic mass is 79.9. The van der Waals surface area contributed by atoms with E-state index in [1.807, 2.05) is 4.90 Å². The molecule has 10 heteroatoms. The molecule has 0 radical (unpaired) electrons. The number of carbonyl (C=O) groups is 3. The highest BCUT2D eigenvalue weighted by molar-refractivity contribution is 9.09. The fourth-order valence-corrected chi connectivity index (χ4v) is 3.62. The number of piperazine rings is 1. The van der Waals surface area contributed by atoms with E-state index in [2.05, 4.69) is 26.6 Å². The predicted molar refractivity (Wildman–Crippen MR) is 116 cm³/mol. The summed E-state index contributed by atoms with van der Waals surface area (Å²) >= 11 is 3.16. The van der Waals surface area contributed by atoms with Gasteiger partial charge in [-0.2, -0.15) is 0 Å². The van der Waals surface area contributed by atoms with Crippen molar-refractivity contribution in [3.8, 4) is 0 Å². The largest absolute Gasteiger partial charge is 0.366 e. The summed E-state index contributed by atoms with van der Waals surface area (Å²) in [6.07, 6.45) is 0. The molecule has 2 N–H and O–H groups in total. The molecule has 7 nitrogen and oxygen atoms in total. The summed E-state index contributed by atoms with van der Waals surface area (Å²) in [7, 11) is 0. The number of benzene rings is 2. The van der Waals surface area contributed by atoms with Gasteiger partial charge in [-0.15, -0.1) is 0 Å². The van der Waals surface area contributed by atoms with Crippen LogP contribution in [0.4, 0.5) is 20.2 Å². The van der Waals surface area contributed by atoms with Crippen molar-refractivity contribution in [2.45, 2.75) is 0 Å². The number of alkyl halides is 1. The monoisotopic (exact) mass is 494 g/mol. The average molecular weight is 495 g/mol. The molecule has 31 heavy (non-hydrogen) atoms. The maximum atomic E-state index is 13.8. The minimum absolute atomic E-state index is 0.00197. The lowest BCUT2D eigenvalue weighted by Crippen LogP contribution is -2.49. The highest BCUT2D eigenvalue weighted by Crippen LogP contribution is 2.28. The molecule has 164 valence electrons. The average Bonchev–Trinajstić information content (AvgIpc) is 2.77. The number of rotatable bonds is 6. The fourth-order valence-electron chi connectivity index (χ4n) is 3.26. The van der Waals surface area contributed by atoms with Crippen LogP contribution in [0.3, 0.4) is 0 Å². The Morgan fingerprint density at radius 3 is 2.39 bits per heavy atom. The minimum Gasteiger partial charge on any atom is -0.366 e. The Kier molecular flexibility index (Phi) is 7.56. The molecule has 0 atom stereocenters. The molecule has 0 aliphatic carbocycles. The molecule has 1 aliphatic heterocycles. The molecule has 1 heterocycles. The number of hydrogen-bond donors (Lipinski definition) is 2. The van der Waals surface area contributed by atoms with Crippen molar-refractivity contribution in [2.24, 2.45) is 0 Å². The van der Waals surface area contributed by atoms with Crippen LogP contribution in [0.1, 0.15) is 10.4 Å². The van der Waals surface area contributed by atoms with Crippen molar-refractivity contribution in [2.75, 3.05) is 48.3 Å². The summed E-state index contributed by atoms with van der Waals surface area (Å²) < 4.78 is 27.5. The van der Waals surface area contributed by atoms with Crippen LogP contribution in [0.25, 0.3) is 0 Å². The first-order chi connectivity index (χ1) is 14.9. The van der Waals surface area contributed by atoms with Gasteiger partial charge in [0.25, 0.3) is 5.91 Å². The normalized spacial score (nSPS) is 13.6. The number of hydrogen-bond acceptors (Lipinski definition) is 4. The first-order valence-corrected chi connectivity index (χ1v) is 10.7. The third-order valence-corrected chi connectivity index (χ3v) is 5.33. The fraction of sp³-hybridized carbons (Fsp3) is 0.286. The second-order valence-corrected chi connectivity index (χ2v) is 7.43. The van der Waals surface area contributed by atoms with Crippen molar-refractivity contribution in [3.05, 3.63) is 59.7 Å². The third kappa shape index (κ3) is 5.78. The molecule has 2 aromatic carbocycles. The first-order valence-electron chi connectivity index (χ1n) is 9.60. The van der Waals surface area contributed by atoms with E-state index in [9.17, 15) is 23.2 Å². The maximum absolute atomic E-state index is 13.8. The molecule has 3 amide bonds. The van der Waals surface area contributed by atoms with Crippen LogP contribution < -0.4 is 15.5 Å². The van der Waals surface area contributed by atoms with E-state index < -0.39 is 30.0 Å². The molecule has 0 bridgehead atoms. The van der Waals surface area contributed by atoms with Gasteiger partial charge in [-0.3, -0.25) is 14.4 Å². The van der Waals surface area contributed by atoms with E-state index >= 15 is 0 Å². The van der Waals surface area contributed by atoms with Crippen molar-refractivity contribution in [1.29, 1.82) is 0 Å². The Morgan fingerprint density at radius 2 is 1.71 bits per heavy atom. The zero-order valence-electron chi connectivity index (χ0n) is 16.5. The lowest BCUT2D eigenvalue weighted by Gasteiger charge is -2.36. The number of carbonyl (C=O) groups excluding carboxylic acids is 3. The Morgan fingerprint density at radius 1 is 1.00 bits per heavy atom. The van der Waals surface area contributed by atoms with Gasteiger partial charge in [0.05, 0.1) is 28.8 Å². The quantitative estimate of drug-likeness (QED) is 0.604. The molecule has 1 saturated heterocycles. The maximum Gasteiger partial charge on any atom is 0.254 e. The molecule has 2 aromatic rings. The molecule has 0 unspecified atom stereocenters. The van der Waals surface area contributed by atoms with Crippen LogP contribution in [-0.4, -0.2) is 60.7 Å². The van der Waals surface area contributed by atoms with Gasteiger partial charge in [0.15, 0.2) is 0 Å². The lowest BCUT2D eigenvalue weighted by atomic mass is 10.2. The number of amides is 3. The Labute approximate surface area is 186 Å². The van der Waals surface area contributed by atoms with E-state index in [4.69, 9.17) is 0 Å². The summed E-state index contributed by atoms with van der Waals surface area (Å²) in [6, 6.07) is 9.49. The van der Waals surface area contributed by atoms with Gasteiger partial charge in [-0.05, 0) is 30.3 Å². The van der Waals surface area contributed by atoms with Crippen molar-refractivity contribution < 1.29 is 23.2 Å². The SMILES string of the molecule is O=C(CNC(=O)c1ccccc1F)Nc1cc(F)ccc1N1CCN(C(=O)CBr)CC1. The number of nitrogens with one attached hydrogen (secondary N) is 2. The van der Waals surface area contributed by atoms with Gasteiger partial charge < -0.3 is 20.4 Å². The topological polar surface area (TPSA) is 81.8 Å². The zero-order valence-corrected chi connectivity index (χ0v) is 18.1. The van der Waals surface area contributed by atoms with Crippen LogP contribution in [0.5, 0.6) is 0 Å². The summed E-state index contributed by atoms with van der Waals surface area (Å²) in [5.41, 5.74) is 0.698. The second-order valence-electron chi connectivity index (χ2n) is 6.87. The van der Waals surface area contributed by atoms with E-state index in [1.54, 1.807) is 11.0 Å². The van der Waals surface area contributed by atoms with Gasteiger partial charge in [0.2, 0.25) is 11.8 Å². The van der Waals surface area contributed by atoms with Gasteiger partial charge in [-0.25, -0.2) is 8.78 Å². The van der Waals surface area contributed by atoms with E-state index in [0.29, 0.717) is 31.9 Å². The molecule has 1 aliphatic rings. The Hall–Kier alpha value is -3.01. The number of nitrogens with zero attached hydrogens (tertiary/aromatic N) is 2. The number of halogens is 3. The number of anilines is 2. The highest BCUT2D eigenvalue weighted by Gasteiger charge is 2.23. The van der Waals surface area contributed by atoms with Crippen LogP contribution >= 0.6 is 15.9 Å². The molecule has 0 saturated carbocycles. The molecule has 0 aromatic heterocycles. The van der Waals surface area contributed by atoms with Crippen LogP contribution in [0, 0.1) is 11.6 Å². The third-order valence-electron chi connectivity index (χ3n) is 4.85. The van der Waals surface area contributed by atoms with Crippen LogP contribution in [-0.2, 0) is 9.59 Å². The van der Waals surface area contributed by atoms with E-state index in [0.717, 1.165) is 6.07 Å². The molecular weight excluding hydrogens is 474 g/mol. The zero-order chi connectivity index (χ0) is 22.4. The Bertz CT molecular complexity index is 981. The van der Waals surface area contributed by atoms with Gasteiger partial charge in [0, 0.05) is 26.2 Å². The summed E-state index contributed by atoms with van der Waals surface area (Å²) in [5, 5.41) is 5.20. The summed E-state index contributed by atoms with van der Waals surface area (Å²) in [6.45, 7) is 1.66. The smallest absolute Gasteiger partial charge is 0.254 e. The van der Waals surface area contributed by atoms with Crippen LogP contribution in [0.15, 0.2) is 42.5 Å². The minimum atomic E-state index is -0.722. The van der Waals surface area contributed by atoms with Gasteiger partial charge in [0.1, 0.15) is 11.6 Å². The first kappa shape index (κ1) is 22.7. The van der Waals surface area contributed by atoms with Crippen molar-refractivity contribution >= 4 is 45.0 Å². The standard InChI is InChI=1S/C21H21BrF2N4O3/c22-12-20(30)28-9-7-27(8-10-28)18-6-5-14(23)11-17(18)26-19(29)13-25-21(31)15-3-1-2-4-16(15)24/h1-6,11H,7-10,12-13H2,(H,25,31)(H,26,29). The lowest BCUT2D eigenvalue weighted by molar-refractivity contribution is -0.128. The summed E-state index contributed by atoms with van der Waals surface area (Å²) in [4.78, 5) is 39.9. The van der Waals surface area contributed by atoms with Gasteiger partial charge >= 0.3 is 0 Å². The molecule has 0 spiro atoms. The second kappa shape index (κ2) is 10.3. The Balaban J connectivity index is 1.63. The van der Waals surface area contributed by atoms with Crippen molar-refractivity contribution in [3.63, 3.8) is 0 Å². The van der Waals surface area contributed by atoms with Crippen molar-refractivity contribution in [1.82, 2.24) is 10.2 Å². The summed E-state index contributed by atoms with van der Waals surface area (Å²) in [5.74, 6) is -2.52. The molecule has 3 rings (SSSR count).